The zero-order chi connectivity index (χ0) is 21.1. The van der Waals surface area contributed by atoms with Gasteiger partial charge in [-0.05, 0) is 56.7 Å². The van der Waals surface area contributed by atoms with Crippen LogP contribution in [0.25, 0.3) is 11.3 Å². The number of pyridine rings is 2. The van der Waals surface area contributed by atoms with Crippen LogP contribution in [0.2, 0.25) is 5.02 Å². The van der Waals surface area contributed by atoms with Crippen LogP contribution in [0.3, 0.4) is 0 Å². The van der Waals surface area contributed by atoms with Gasteiger partial charge in [0.05, 0.1) is 11.4 Å². The second-order valence-corrected chi connectivity index (χ2v) is 7.69. The van der Waals surface area contributed by atoms with Crippen LogP contribution >= 0.6 is 11.6 Å². The minimum absolute atomic E-state index is 0.199. The number of benzene rings is 1. The van der Waals surface area contributed by atoms with E-state index in [2.05, 4.69) is 22.1 Å². The van der Waals surface area contributed by atoms with E-state index in [9.17, 15) is 4.79 Å². The van der Waals surface area contributed by atoms with Crippen LogP contribution in [-0.4, -0.2) is 35.6 Å². The van der Waals surface area contributed by atoms with E-state index < -0.39 is 0 Å². The molecule has 0 unspecified atom stereocenters. The van der Waals surface area contributed by atoms with Gasteiger partial charge in [-0.3, -0.25) is 9.88 Å². The number of carbonyl (C=O) groups is 1. The van der Waals surface area contributed by atoms with Crippen LogP contribution < -0.4 is 15.1 Å². The molecule has 0 fully saturated rings. The maximum atomic E-state index is 13.2. The Morgan fingerprint density at radius 2 is 2.03 bits per heavy atom. The lowest BCUT2D eigenvalue weighted by atomic mass is 10.1. The third-order valence-corrected chi connectivity index (χ3v) is 5.39. The normalized spacial score (nSPS) is 13.6. The van der Waals surface area contributed by atoms with Crippen molar-refractivity contribution in [2.24, 2.45) is 0 Å². The molecule has 6 nitrogen and oxygen atoms in total. The first kappa shape index (κ1) is 20.2. The monoisotopic (exact) mass is 421 g/mol. The molecule has 0 atom stereocenters. The fraction of sp³-hybridized carbons (Fsp3) is 0.261. The summed E-state index contributed by atoms with van der Waals surface area (Å²) >= 11 is 6.18. The highest BCUT2D eigenvalue weighted by atomic mass is 35.5. The Kier molecular flexibility index (Phi) is 5.86. The summed E-state index contributed by atoms with van der Waals surface area (Å²) in [4.78, 5) is 26.3. The molecule has 1 aromatic carbocycles. The van der Waals surface area contributed by atoms with Crippen LogP contribution in [0.4, 0.5) is 22.0 Å². The number of hydrogen-bond acceptors (Lipinski definition) is 4. The second kappa shape index (κ2) is 8.71. The third-order valence-electron chi connectivity index (χ3n) is 5.16. The standard InChI is InChI=1S/C23H24ClN5O/c1-3-28-12-5-13-29(23(30)26-19-10-11-25-16(2)14-19)22-21(28)9-8-20(27-22)17-6-4-7-18(24)15-17/h4,6-11,14-15H,3,5,12-13H2,1-2H3,(H,25,26,30). The zero-order valence-electron chi connectivity index (χ0n) is 17.1. The molecule has 2 aromatic heterocycles. The van der Waals surface area contributed by atoms with Crippen LogP contribution in [0.15, 0.2) is 54.7 Å². The van der Waals surface area contributed by atoms with Gasteiger partial charge >= 0.3 is 6.03 Å². The van der Waals surface area contributed by atoms with Crippen molar-refractivity contribution < 1.29 is 4.79 Å². The van der Waals surface area contributed by atoms with E-state index in [1.807, 2.05) is 49.4 Å². The van der Waals surface area contributed by atoms with Gasteiger partial charge in [-0.25, -0.2) is 9.78 Å². The van der Waals surface area contributed by atoms with Gasteiger partial charge < -0.3 is 10.2 Å². The van der Waals surface area contributed by atoms with Crippen LogP contribution in [0.5, 0.6) is 0 Å². The first-order chi connectivity index (χ1) is 14.5. The molecule has 0 bridgehead atoms. The average molecular weight is 422 g/mol. The molecule has 4 rings (SSSR count). The highest BCUT2D eigenvalue weighted by Crippen LogP contribution is 2.34. The molecule has 7 heteroatoms. The van der Waals surface area contributed by atoms with Gasteiger partial charge in [0, 0.05) is 47.8 Å². The fourth-order valence-electron chi connectivity index (χ4n) is 3.68. The summed E-state index contributed by atoms with van der Waals surface area (Å²) in [6.07, 6.45) is 2.55. The summed E-state index contributed by atoms with van der Waals surface area (Å²) in [5, 5.41) is 3.64. The van der Waals surface area contributed by atoms with E-state index in [0.29, 0.717) is 17.4 Å². The maximum absolute atomic E-state index is 13.2. The minimum Gasteiger partial charge on any atom is -0.369 e. The first-order valence-electron chi connectivity index (χ1n) is 10.1. The van der Waals surface area contributed by atoms with E-state index in [1.165, 1.54) is 0 Å². The molecule has 3 aromatic rings. The quantitative estimate of drug-likeness (QED) is 0.617. The van der Waals surface area contributed by atoms with Crippen LogP contribution in [-0.2, 0) is 0 Å². The number of rotatable bonds is 3. The number of nitrogens with one attached hydrogen (secondary N) is 1. The van der Waals surface area contributed by atoms with Gasteiger partial charge in [0.25, 0.3) is 0 Å². The van der Waals surface area contributed by atoms with Crippen LogP contribution in [0, 0.1) is 6.92 Å². The number of amides is 2. The molecule has 0 saturated heterocycles. The highest BCUT2D eigenvalue weighted by Gasteiger charge is 2.26. The number of carbonyl (C=O) groups excluding carboxylic acids is 1. The number of nitrogens with zero attached hydrogens (tertiary/aromatic N) is 4. The summed E-state index contributed by atoms with van der Waals surface area (Å²) in [6, 6.07) is 15.1. The maximum Gasteiger partial charge on any atom is 0.327 e. The van der Waals surface area contributed by atoms with Crippen molar-refractivity contribution in [3.63, 3.8) is 0 Å². The van der Waals surface area contributed by atoms with Gasteiger partial charge in [-0.15, -0.1) is 0 Å². The minimum atomic E-state index is -0.199. The lowest BCUT2D eigenvalue weighted by Gasteiger charge is -2.25. The third kappa shape index (κ3) is 4.24. The molecular weight excluding hydrogens is 398 g/mol. The Bertz CT molecular complexity index is 1070. The van der Waals surface area contributed by atoms with Gasteiger partial charge in [-0.1, -0.05) is 23.7 Å². The van der Waals surface area contributed by atoms with Crippen molar-refractivity contribution in [3.8, 4) is 11.3 Å². The Labute approximate surface area is 181 Å². The topological polar surface area (TPSA) is 61.4 Å². The zero-order valence-corrected chi connectivity index (χ0v) is 17.9. The first-order valence-corrected chi connectivity index (χ1v) is 10.5. The molecule has 2 amide bonds. The molecule has 3 heterocycles. The van der Waals surface area contributed by atoms with Gasteiger partial charge in [-0.2, -0.15) is 0 Å². The lowest BCUT2D eigenvalue weighted by molar-refractivity contribution is 0.257. The number of fused-ring (bicyclic) bond motifs is 1. The number of aromatic nitrogens is 2. The molecule has 1 aliphatic rings. The second-order valence-electron chi connectivity index (χ2n) is 7.25. The van der Waals surface area contributed by atoms with E-state index in [-0.39, 0.29) is 6.03 Å². The van der Waals surface area contributed by atoms with Crippen molar-refractivity contribution in [1.29, 1.82) is 0 Å². The number of anilines is 3. The number of halogens is 1. The molecule has 0 saturated carbocycles. The Morgan fingerprint density at radius 1 is 1.17 bits per heavy atom. The van der Waals surface area contributed by atoms with Crippen molar-refractivity contribution in [3.05, 3.63) is 65.4 Å². The predicted molar refractivity (Wildman–Crippen MR) is 123 cm³/mol. The highest BCUT2D eigenvalue weighted by molar-refractivity contribution is 6.30. The molecule has 30 heavy (non-hydrogen) atoms. The number of hydrogen-bond donors (Lipinski definition) is 1. The van der Waals surface area contributed by atoms with E-state index in [4.69, 9.17) is 16.6 Å². The SMILES string of the molecule is CCN1CCCN(C(=O)Nc2ccnc(C)c2)c2nc(-c3cccc(Cl)c3)ccc21. The van der Waals surface area contributed by atoms with Gasteiger partial charge in [0.1, 0.15) is 0 Å². The molecule has 1 aliphatic heterocycles. The summed E-state index contributed by atoms with van der Waals surface area (Å²) in [6.45, 7) is 6.33. The lowest BCUT2D eigenvalue weighted by Crippen LogP contribution is -2.36. The molecule has 0 spiro atoms. The van der Waals surface area contributed by atoms with Crippen molar-refractivity contribution in [2.45, 2.75) is 20.3 Å². The Morgan fingerprint density at radius 3 is 2.80 bits per heavy atom. The van der Waals surface area contributed by atoms with Crippen molar-refractivity contribution in [1.82, 2.24) is 9.97 Å². The Balaban J connectivity index is 1.73. The molecule has 1 N–H and O–H groups in total. The molecule has 0 aliphatic carbocycles. The number of aryl methyl sites for hydroxylation is 1. The number of urea groups is 1. The predicted octanol–water partition coefficient (Wildman–Crippen LogP) is 5.37. The van der Waals surface area contributed by atoms with Crippen molar-refractivity contribution in [2.75, 3.05) is 34.8 Å². The van der Waals surface area contributed by atoms with E-state index in [1.54, 1.807) is 17.2 Å². The average Bonchev–Trinajstić information content (AvgIpc) is 2.92. The molecule has 154 valence electrons. The molecule has 0 radical (unpaired) electrons. The van der Waals surface area contributed by atoms with Gasteiger partial charge in [0.15, 0.2) is 5.82 Å². The fourth-order valence-corrected chi connectivity index (χ4v) is 3.87. The van der Waals surface area contributed by atoms with Crippen molar-refractivity contribution >= 4 is 34.8 Å². The summed E-state index contributed by atoms with van der Waals surface area (Å²) in [5.41, 5.74) is 4.23. The van der Waals surface area contributed by atoms with Crippen LogP contribution in [0.1, 0.15) is 19.0 Å². The largest absolute Gasteiger partial charge is 0.369 e. The van der Waals surface area contributed by atoms with Gasteiger partial charge in [0.2, 0.25) is 0 Å². The smallest absolute Gasteiger partial charge is 0.327 e. The van der Waals surface area contributed by atoms with E-state index >= 15 is 0 Å². The summed E-state index contributed by atoms with van der Waals surface area (Å²) < 4.78 is 0. The summed E-state index contributed by atoms with van der Waals surface area (Å²) in [7, 11) is 0. The van der Waals surface area contributed by atoms with E-state index in [0.717, 1.165) is 47.8 Å². The Hall–Kier alpha value is -3.12. The summed E-state index contributed by atoms with van der Waals surface area (Å²) in [5.74, 6) is 0.662. The molecular formula is C23H24ClN5O.